The molecule has 9 heteroatoms. The zero-order chi connectivity index (χ0) is 22.2. The molecule has 2 aromatic rings. The van der Waals surface area contributed by atoms with Gasteiger partial charge in [0.25, 0.3) is 5.91 Å². The summed E-state index contributed by atoms with van der Waals surface area (Å²) in [5.74, 6) is 1.15. The molecule has 3 rings (SSSR count). The van der Waals surface area contributed by atoms with E-state index in [-0.39, 0.29) is 47.7 Å². The van der Waals surface area contributed by atoms with Gasteiger partial charge in [-0.15, -0.1) is 24.0 Å². The van der Waals surface area contributed by atoms with Crippen LogP contribution in [0.2, 0.25) is 0 Å². The molecule has 1 saturated heterocycles. The number of hydrogen-bond donors (Lipinski definition) is 2. The summed E-state index contributed by atoms with van der Waals surface area (Å²) in [4.78, 5) is 31.3. The minimum Gasteiger partial charge on any atom is -0.469 e. The van der Waals surface area contributed by atoms with Crippen LogP contribution in [0.5, 0.6) is 0 Å². The van der Waals surface area contributed by atoms with Crippen molar-refractivity contribution in [1.82, 2.24) is 15.5 Å². The smallest absolute Gasteiger partial charge is 0.310 e. The van der Waals surface area contributed by atoms with Gasteiger partial charge >= 0.3 is 5.97 Å². The summed E-state index contributed by atoms with van der Waals surface area (Å²) in [7, 11) is 1.43. The summed E-state index contributed by atoms with van der Waals surface area (Å²) in [6, 6.07) is 11.0. The Hall–Kier alpha value is -2.56. The van der Waals surface area contributed by atoms with Crippen LogP contribution in [0.4, 0.5) is 0 Å². The largest absolute Gasteiger partial charge is 0.469 e. The minimum absolute atomic E-state index is 0. The number of hydrogen-bond acceptors (Lipinski definition) is 5. The predicted molar refractivity (Wildman–Crippen MR) is 133 cm³/mol. The maximum absolute atomic E-state index is 12.5. The first-order valence-electron chi connectivity index (χ1n) is 10.5. The molecule has 2 unspecified atom stereocenters. The molecule has 2 heterocycles. The third-order valence-corrected chi connectivity index (χ3v) is 5.35. The van der Waals surface area contributed by atoms with Crippen LogP contribution in [0.1, 0.15) is 35.5 Å². The molecule has 1 aromatic carbocycles. The van der Waals surface area contributed by atoms with E-state index in [1.807, 2.05) is 31.2 Å². The number of guanidine groups is 1. The molecular weight excluding hydrogens is 523 g/mol. The Labute approximate surface area is 205 Å². The number of benzene rings is 1. The van der Waals surface area contributed by atoms with Gasteiger partial charge in [0.2, 0.25) is 0 Å². The normalized spacial score (nSPS) is 18.1. The van der Waals surface area contributed by atoms with Crippen LogP contribution in [0.3, 0.4) is 0 Å². The number of esters is 1. The Kier molecular flexibility index (Phi) is 10.0. The summed E-state index contributed by atoms with van der Waals surface area (Å²) in [5, 5.41) is 6.15. The molecule has 174 valence electrons. The van der Waals surface area contributed by atoms with Gasteiger partial charge in [0.1, 0.15) is 5.76 Å². The van der Waals surface area contributed by atoms with Gasteiger partial charge in [-0.05, 0) is 42.7 Å². The fourth-order valence-electron chi connectivity index (χ4n) is 3.68. The van der Waals surface area contributed by atoms with Crippen molar-refractivity contribution in [3.63, 3.8) is 0 Å². The molecule has 0 saturated carbocycles. The molecule has 1 aliphatic rings. The van der Waals surface area contributed by atoms with Crippen LogP contribution in [-0.2, 0) is 22.6 Å². The molecule has 1 fully saturated rings. The van der Waals surface area contributed by atoms with E-state index >= 15 is 0 Å². The number of carbonyl (C=O) groups is 2. The summed E-state index contributed by atoms with van der Waals surface area (Å²) < 4.78 is 10.2. The van der Waals surface area contributed by atoms with Crippen LogP contribution in [0.15, 0.2) is 52.1 Å². The number of amides is 1. The number of halogens is 1. The zero-order valence-electron chi connectivity index (χ0n) is 18.7. The number of ether oxygens (including phenoxy) is 1. The summed E-state index contributed by atoms with van der Waals surface area (Å²) >= 11 is 0. The van der Waals surface area contributed by atoms with E-state index in [0.29, 0.717) is 31.0 Å². The SMILES string of the molecule is CCNC(=NCc1cccc(C(=O)NCc2ccco2)c1)N1CC(C)C(C(=O)OC)C1.I. The Balaban J connectivity index is 0.00000363. The third-order valence-electron chi connectivity index (χ3n) is 5.35. The highest BCUT2D eigenvalue weighted by Gasteiger charge is 2.36. The van der Waals surface area contributed by atoms with Gasteiger partial charge in [-0.1, -0.05) is 19.1 Å². The van der Waals surface area contributed by atoms with E-state index in [9.17, 15) is 9.59 Å². The fourth-order valence-corrected chi connectivity index (χ4v) is 3.68. The van der Waals surface area contributed by atoms with Gasteiger partial charge in [0, 0.05) is 25.2 Å². The van der Waals surface area contributed by atoms with Crippen molar-refractivity contribution in [3.05, 3.63) is 59.5 Å². The molecule has 0 spiro atoms. The average Bonchev–Trinajstić information content (AvgIpc) is 3.44. The van der Waals surface area contributed by atoms with Crippen LogP contribution >= 0.6 is 24.0 Å². The molecular formula is C23H31IN4O4. The molecule has 32 heavy (non-hydrogen) atoms. The van der Waals surface area contributed by atoms with E-state index < -0.39 is 0 Å². The van der Waals surface area contributed by atoms with Crippen molar-refractivity contribution < 1.29 is 18.7 Å². The van der Waals surface area contributed by atoms with Crippen LogP contribution < -0.4 is 10.6 Å². The van der Waals surface area contributed by atoms with Gasteiger partial charge in [-0.3, -0.25) is 9.59 Å². The van der Waals surface area contributed by atoms with Crippen LogP contribution in [-0.4, -0.2) is 49.5 Å². The van der Waals surface area contributed by atoms with E-state index in [2.05, 4.69) is 22.5 Å². The Bertz CT molecular complexity index is 916. The second-order valence-electron chi connectivity index (χ2n) is 7.64. The summed E-state index contributed by atoms with van der Waals surface area (Å²) in [5.41, 5.74) is 1.50. The van der Waals surface area contributed by atoms with Gasteiger partial charge in [-0.2, -0.15) is 0 Å². The molecule has 1 amide bonds. The van der Waals surface area contributed by atoms with Crippen LogP contribution in [0, 0.1) is 11.8 Å². The van der Waals surface area contributed by atoms with Gasteiger partial charge < -0.3 is 24.7 Å². The molecule has 0 radical (unpaired) electrons. The van der Waals surface area contributed by atoms with E-state index in [0.717, 1.165) is 24.6 Å². The number of nitrogens with one attached hydrogen (secondary N) is 2. The van der Waals surface area contributed by atoms with Crippen molar-refractivity contribution in [1.29, 1.82) is 0 Å². The lowest BCUT2D eigenvalue weighted by molar-refractivity contribution is -0.145. The molecule has 8 nitrogen and oxygen atoms in total. The Morgan fingerprint density at radius 2 is 2.03 bits per heavy atom. The topological polar surface area (TPSA) is 96.2 Å². The van der Waals surface area contributed by atoms with Crippen molar-refractivity contribution in [3.8, 4) is 0 Å². The first-order chi connectivity index (χ1) is 15.0. The van der Waals surface area contributed by atoms with Crippen molar-refractivity contribution in [2.75, 3.05) is 26.7 Å². The minimum atomic E-state index is -0.181. The molecule has 1 aliphatic heterocycles. The number of furan rings is 1. The predicted octanol–water partition coefficient (Wildman–Crippen LogP) is 3.03. The van der Waals surface area contributed by atoms with Crippen molar-refractivity contribution in [2.24, 2.45) is 16.8 Å². The number of aliphatic imine (C=N–C) groups is 1. The highest BCUT2D eigenvalue weighted by molar-refractivity contribution is 14.0. The first kappa shape index (κ1) is 25.7. The lowest BCUT2D eigenvalue weighted by atomic mass is 9.99. The standard InChI is InChI=1S/C23H30N4O4.HI/c1-4-24-23(27-14-16(2)20(15-27)22(29)30-3)26-12-17-7-5-8-18(11-17)21(28)25-13-19-9-6-10-31-19;/h5-11,16,20H,4,12-15H2,1-3H3,(H,24,26)(H,25,28);1H. The van der Waals surface area contributed by atoms with Gasteiger partial charge in [0.05, 0.1) is 32.4 Å². The lowest BCUT2D eigenvalue weighted by Crippen LogP contribution is -2.40. The second kappa shape index (κ2) is 12.5. The van der Waals surface area contributed by atoms with Crippen LogP contribution in [0.25, 0.3) is 0 Å². The number of methoxy groups -OCH3 is 1. The Morgan fingerprint density at radius 3 is 2.72 bits per heavy atom. The fraction of sp³-hybridized carbons (Fsp3) is 0.435. The molecule has 2 atom stereocenters. The summed E-state index contributed by atoms with van der Waals surface area (Å²) in [6.45, 7) is 6.87. The monoisotopic (exact) mass is 554 g/mol. The summed E-state index contributed by atoms with van der Waals surface area (Å²) in [6.07, 6.45) is 1.58. The molecule has 0 bridgehead atoms. The molecule has 2 N–H and O–H groups in total. The second-order valence-corrected chi connectivity index (χ2v) is 7.64. The van der Waals surface area contributed by atoms with E-state index in [4.69, 9.17) is 14.1 Å². The van der Waals surface area contributed by atoms with Crippen molar-refractivity contribution in [2.45, 2.75) is 26.9 Å². The number of likely N-dealkylation sites (tertiary alicyclic amines) is 1. The maximum atomic E-state index is 12.5. The zero-order valence-corrected chi connectivity index (χ0v) is 21.0. The number of carbonyl (C=O) groups excluding carboxylic acids is 2. The quantitative estimate of drug-likeness (QED) is 0.237. The molecule has 1 aromatic heterocycles. The number of nitrogens with zero attached hydrogens (tertiary/aromatic N) is 2. The van der Waals surface area contributed by atoms with E-state index in [1.165, 1.54) is 7.11 Å². The maximum Gasteiger partial charge on any atom is 0.310 e. The van der Waals surface area contributed by atoms with Crippen molar-refractivity contribution >= 4 is 41.8 Å². The lowest BCUT2D eigenvalue weighted by Gasteiger charge is -2.21. The number of rotatable bonds is 7. The average molecular weight is 554 g/mol. The van der Waals surface area contributed by atoms with E-state index in [1.54, 1.807) is 18.4 Å². The highest BCUT2D eigenvalue weighted by atomic mass is 127. The Morgan fingerprint density at radius 1 is 1.22 bits per heavy atom. The third kappa shape index (κ3) is 6.72. The molecule has 0 aliphatic carbocycles. The van der Waals surface area contributed by atoms with Gasteiger partial charge in [-0.25, -0.2) is 4.99 Å². The van der Waals surface area contributed by atoms with Gasteiger partial charge in [0.15, 0.2) is 5.96 Å². The highest BCUT2D eigenvalue weighted by Crippen LogP contribution is 2.24. The first-order valence-corrected chi connectivity index (χ1v) is 10.5.